The molecule has 0 bridgehead atoms. The second kappa shape index (κ2) is 17.6. The summed E-state index contributed by atoms with van der Waals surface area (Å²) in [5.41, 5.74) is -1.66. The van der Waals surface area contributed by atoms with Crippen LogP contribution in [0.2, 0.25) is 0 Å². The molecule has 0 radical (unpaired) electrons. The highest BCUT2D eigenvalue weighted by Gasteiger charge is 2.67. The number of halogens is 7. The Morgan fingerprint density at radius 1 is 1.00 bits per heavy atom. The molecule has 3 heterocycles. The summed E-state index contributed by atoms with van der Waals surface area (Å²) in [6.45, 7) is 3.08. The molecule has 5 aromatic rings. The Balaban J connectivity index is 1.31. The molecule has 2 N–H and O–H groups in total. The lowest BCUT2D eigenvalue weighted by atomic mass is 10.0. The second-order valence-electron chi connectivity index (χ2n) is 16.6. The predicted molar refractivity (Wildman–Crippen MR) is 243 cm³/mol. The molecule has 1 fully saturated rings. The molecule has 3 aliphatic rings. The van der Waals surface area contributed by atoms with Crippen molar-refractivity contribution in [3.8, 4) is 11.1 Å². The van der Waals surface area contributed by atoms with Gasteiger partial charge in [0.15, 0.2) is 0 Å². The van der Waals surface area contributed by atoms with Crippen LogP contribution >= 0.6 is 11.6 Å². The number of sulfonamides is 2. The molecule has 1 aliphatic heterocycles. The number of carbonyl (C=O) groups excluding carboxylic acids is 1. The summed E-state index contributed by atoms with van der Waals surface area (Å²) in [5, 5.41) is 11.8. The maximum atomic E-state index is 15.6. The van der Waals surface area contributed by atoms with Crippen LogP contribution < -0.4 is 19.9 Å². The van der Waals surface area contributed by atoms with Crippen molar-refractivity contribution in [2.24, 2.45) is 11.0 Å². The molecule has 3 atom stereocenters. The number of anilines is 1. The van der Waals surface area contributed by atoms with Crippen molar-refractivity contribution >= 4 is 65.7 Å². The normalized spacial score (nSPS) is 20.7. The fraction of sp³-hybridized carbons (Fsp3) is 0.295. The predicted octanol–water partition coefficient (Wildman–Crippen LogP) is 6.86. The van der Waals surface area contributed by atoms with E-state index in [0.717, 1.165) is 38.5 Å². The van der Waals surface area contributed by atoms with Crippen molar-refractivity contribution in [3.63, 3.8) is 0 Å². The van der Waals surface area contributed by atoms with E-state index in [1.165, 1.54) is 38.4 Å². The van der Waals surface area contributed by atoms with Gasteiger partial charge in [0.05, 0.1) is 46.5 Å². The monoisotopic (exact) mass is 1000 g/mol. The zero-order valence-corrected chi connectivity index (χ0v) is 38.7. The van der Waals surface area contributed by atoms with Gasteiger partial charge in [0, 0.05) is 49.5 Å². The number of hydrazone groups is 1. The molecule has 3 aromatic carbocycles. The molecular formula is C44H40ClF6N9O6S2. The molecule has 0 spiro atoms. The van der Waals surface area contributed by atoms with Crippen LogP contribution in [0.1, 0.15) is 59.6 Å². The van der Waals surface area contributed by atoms with E-state index in [2.05, 4.69) is 26.8 Å². The lowest BCUT2D eigenvalue weighted by molar-refractivity contribution is -0.123. The first-order valence-electron chi connectivity index (χ1n) is 20.5. The van der Waals surface area contributed by atoms with E-state index < -0.39 is 97.7 Å². The lowest BCUT2D eigenvalue weighted by Gasteiger charge is -2.27. The van der Waals surface area contributed by atoms with Crippen molar-refractivity contribution in [3.05, 3.63) is 140 Å². The molecule has 15 nitrogen and oxygen atoms in total. The van der Waals surface area contributed by atoms with Gasteiger partial charge in [-0.3, -0.25) is 32.9 Å². The minimum Gasteiger partial charge on any atom is -0.344 e. The highest BCUT2D eigenvalue weighted by atomic mass is 35.5. The van der Waals surface area contributed by atoms with Crippen LogP contribution in [0.3, 0.4) is 0 Å². The van der Waals surface area contributed by atoms with Crippen molar-refractivity contribution in [2.45, 2.75) is 50.1 Å². The van der Waals surface area contributed by atoms with Crippen LogP contribution in [0.25, 0.3) is 27.7 Å². The van der Waals surface area contributed by atoms with Gasteiger partial charge >= 0.3 is 0 Å². The van der Waals surface area contributed by atoms with Crippen molar-refractivity contribution in [1.29, 1.82) is 0 Å². The van der Waals surface area contributed by atoms with Crippen LogP contribution in [0.5, 0.6) is 0 Å². The quantitative estimate of drug-likeness (QED) is 0.126. The number of allylic oxidation sites excluding steroid dienone is 3. The van der Waals surface area contributed by atoms with Crippen LogP contribution in [0.4, 0.5) is 32.0 Å². The number of nitrogens with one attached hydrogen (secondary N) is 2. The molecule has 0 unspecified atom stereocenters. The Kier molecular flexibility index (Phi) is 12.4. The van der Waals surface area contributed by atoms with Gasteiger partial charge in [-0.05, 0) is 77.6 Å². The molecule has 1 saturated carbocycles. The highest BCUT2D eigenvalue weighted by molar-refractivity contribution is 7.92. The van der Waals surface area contributed by atoms with E-state index in [4.69, 9.17) is 16.6 Å². The lowest BCUT2D eigenvalue weighted by Crippen LogP contribution is -2.39. The Labute approximate surface area is 390 Å². The van der Waals surface area contributed by atoms with E-state index in [1.54, 1.807) is 30.3 Å². The number of carbonyl (C=O) groups is 1. The van der Waals surface area contributed by atoms with Crippen molar-refractivity contribution < 1.29 is 48.0 Å². The molecule has 8 rings (SSSR count). The average molecular weight is 1000 g/mol. The van der Waals surface area contributed by atoms with Gasteiger partial charge in [-0.25, -0.2) is 39.4 Å². The summed E-state index contributed by atoms with van der Waals surface area (Å²) in [6.07, 6.45) is 0.596. The van der Waals surface area contributed by atoms with Crippen molar-refractivity contribution in [1.82, 2.24) is 34.4 Å². The van der Waals surface area contributed by atoms with E-state index in [-0.39, 0.29) is 63.0 Å². The summed E-state index contributed by atoms with van der Waals surface area (Å²) in [4.78, 5) is 34.2. The van der Waals surface area contributed by atoms with Gasteiger partial charge in [0.2, 0.25) is 26.0 Å². The molecule has 0 saturated heterocycles. The maximum Gasteiger partial charge on any atom is 0.293 e. The molecule has 24 heteroatoms. The van der Waals surface area contributed by atoms with E-state index in [1.807, 2.05) is 0 Å². The first-order chi connectivity index (χ1) is 31.8. The maximum absolute atomic E-state index is 15.6. The number of alkyl halides is 4. The Bertz CT molecular complexity index is 3300. The number of amides is 1. The standard InChI is InChI=1S/C44H40ClF6N9O6S2/c1-22-35(13-9-26(45)18-36(54-57(22)2)56-67(4,63)64)60-42(53-33-17-25(8-12-30(33)43(60)62)24-6-10-29(11-7-24)58(3)68(5,65)66)34(16-23-14-27(46)19-28(47)15-23)52-37(61)21-59-40-38(39(55-59)41(48)49)31-20-32(31)44(40,50)51/h6-15,17,19,31-32,34,41H,1,16,18,20-21H2,2-5H3,(H,52,61)(H,54,56)/b26-9+,35-13+/t31-,32+,34-/m0/s1. The molecular weight excluding hydrogens is 964 g/mol. The Morgan fingerprint density at radius 2 is 1.66 bits per heavy atom. The van der Waals surface area contributed by atoms with Crippen molar-refractivity contribution in [2.75, 3.05) is 30.9 Å². The molecule has 1 amide bonds. The number of fused-ring (bicyclic) bond motifs is 4. The molecule has 68 heavy (non-hydrogen) atoms. The third-order valence-corrected chi connectivity index (χ3v) is 13.8. The Morgan fingerprint density at radius 3 is 2.29 bits per heavy atom. The Hall–Kier alpha value is -6.46. The highest BCUT2D eigenvalue weighted by Crippen LogP contribution is 2.68. The number of nitrogens with zero attached hydrogens (tertiary/aromatic N) is 7. The van der Waals surface area contributed by atoms with Gasteiger partial charge < -0.3 is 5.32 Å². The van der Waals surface area contributed by atoms with Gasteiger partial charge in [-0.15, -0.1) is 0 Å². The fourth-order valence-corrected chi connectivity index (χ4v) is 9.67. The zero-order valence-electron chi connectivity index (χ0n) is 36.3. The summed E-state index contributed by atoms with van der Waals surface area (Å²) < 4.78 is 143. The van der Waals surface area contributed by atoms with Crippen LogP contribution in [-0.4, -0.2) is 79.5 Å². The minimum absolute atomic E-state index is 0.0138. The topological polar surface area (TPSA) is 181 Å². The number of amidine groups is 1. The number of rotatable bonds is 12. The van der Waals surface area contributed by atoms with Crippen LogP contribution in [0.15, 0.2) is 100 Å². The van der Waals surface area contributed by atoms with Gasteiger partial charge in [0.1, 0.15) is 41.2 Å². The molecule has 2 aromatic heterocycles. The van der Waals surface area contributed by atoms with Crippen LogP contribution in [0, 0.1) is 17.6 Å². The van der Waals surface area contributed by atoms with E-state index >= 15 is 13.6 Å². The number of likely N-dealkylation sites (N-methyl/N-ethyl adjacent to an activating group) is 1. The molecule has 2 aliphatic carbocycles. The van der Waals surface area contributed by atoms with Gasteiger partial charge in [-0.1, -0.05) is 36.4 Å². The molecule has 358 valence electrons. The number of aromatic nitrogens is 4. The van der Waals surface area contributed by atoms with Gasteiger partial charge in [-0.2, -0.15) is 19.0 Å². The van der Waals surface area contributed by atoms with E-state index in [0.29, 0.717) is 27.6 Å². The average Bonchev–Trinajstić information content (AvgIpc) is 3.89. The summed E-state index contributed by atoms with van der Waals surface area (Å²) >= 11 is 6.56. The smallest absolute Gasteiger partial charge is 0.293 e. The summed E-state index contributed by atoms with van der Waals surface area (Å²) in [6, 6.07) is 11.9. The third-order valence-electron chi connectivity index (χ3n) is 11.7. The minimum atomic E-state index is -3.87. The fourth-order valence-electron chi connectivity index (χ4n) is 8.43. The van der Waals surface area contributed by atoms with E-state index in [9.17, 15) is 39.2 Å². The number of benzene rings is 3. The summed E-state index contributed by atoms with van der Waals surface area (Å²) in [5.74, 6) is -9.24. The van der Waals surface area contributed by atoms with Crippen LogP contribution in [-0.2, 0) is 43.7 Å². The summed E-state index contributed by atoms with van der Waals surface area (Å²) in [7, 11) is -4.71. The number of hydrogen-bond donors (Lipinski definition) is 2. The SMILES string of the molecule is C=C1/C(n2c([C@H](Cc3cc(F)cc(F)c3)NC(=O)Cn3nc(C(F)F)c4c3C(F)(F)[C@@H]3C[C@H]43)nc3cc(-c4ccc(N(C)S(C)(=O)=O)cc4)ccc3c2=O)=C\C=C(\Cl)C/C(NS(C)(=O)=O)=N\N1C. The first-order valence-corrected chi connectivity index (χ1v) is 24.6. The second-order valence-corrected chi connectivity index (χ2v) is 20.9. The first kappa shape index (κ1) is 48.0. The largest absolute Gasteiger partial charge is 0.344 e. The van der Waals surface area contributed by atoms with Gasteiger partial charge in [0.25, 0.3) is 17.9 Å². The number of hydrogen-bond acceptors (Lipinski definition) is 10. The zero-order chi connectivity index (χ0) is 49.4. The third kappa shape index (κ3) is 9.50.